The van der Waals surface area contributed by atoms with Crippen molar-refractivity contribution in [1.29, 1.82) is 0 Å². The number of aryl methyl sites for hydroxylation is 1. The molecule has 0 bridgehead atoms. The first kappa shape index (κ1) is 22.8. The maximum Gasteiger partial charge on any atom is 0.326 e. The van der Waals surface area contributed by atoms with E-state index in [-0.39, 0.29) is 18.1 Å². The number of anilines is 1. The van der Waals surface area contributed by atoms with Gasteiger partial charge in [-0.15, -0.1) is 10.2 Å². The zero-order valence-corrected chi connectivity index (χ0v) is 19.3. The Morgan fingerprint density at radius 1 is 1.06 bits per heavy atom. The second-order valence-corrected chi connectivity index (χ2v) is 9.03. The predicted molar refractivity (Wildman–Crippen MR) is 128 cm³/mol. The maximum absolute atomic E-state index is 12.6. The van der Waals surface area contributed by atoms with Gasteiger partial charge in [0.25, 0.3) is 0 Å². The van der Waals surface area contributed by atoms with E-state index in [1.165, 1.54) is 11.8 Å². The molecule has 1 aliphatic heterocycles. The number of amides is 1. The lowest BCUT2D eigenvalue weighted by atomic mass is 10.1. The van der Waals surface area contributed by atoms with Gasteiger partial charge in [-0.2, -0.15) is 0 Å². The molecule has 2 heterocycles. The van der Waals surface area contributed by atoms with E-state index in [4.69, 9.17) is 0 Å². The topological polar surface area (TPSA) is 100 Å². The number of hydrogen-bond acceptors (Lipinski definition) is 6. The Balaban J connectivity index is 1.47. The largest absolute Gasteiger partial charge is 0.480 e. The smallest absolute Gasteiger partial charge is 0.326 e. The van der Waals surface area contributed by atoms with Gasteiger partial charge < -0.3 is 15.3 Å². The quantitative estimate of drug-likeness (QED) is 0.469. The van der Waals surface area contributed by atoms with E-state index in [9.17, 15) is 14.7 Å². The number of benzene rings is 2. The van der Waals surface area contributed by atoms with Gasteiger partial charge in [-0.3, -0.25) is 9.36 Å². The third-order valence-corrected chi connectivity index (χ3v) is 6.47. The molecular formula is C24H27N5O3S. The summed E-state index contributed by atoms with van der Waals surface area (Å²) in [5, 5.41) is 21.6. The number of carboxylic acid groups (broad SMARTS) is 1. The van der Waals surface area contributed by atoms with Gasteiger partial charge in [-0.05, 0) is 37.5 Å². The first-order chi connectivity index (χ1) is 16.0. The normalized spacial score (nSPS) is 14.3. The molecule has 1 amide bonds. The summed E-state index contributed by atoms with van der Waals surface area (Å²) in [7, 11) is 0. The van der Waals surface area contributed by atoms with E-state index >= 15 is 0 Å². The van der Waals surface area contributed by atoms with Crippen LogP contribution in [0.5, 0.6) is 0 Å². The number of carboxylic acids is 1. The lowest BCUT2D eigenvalue weighted by molar-refractivity contribution is -0.141. The molecule has 1 atom stereocenters. The number of thioether (sulfide) groups is 1. The molecule has 172 valence electrons. The predicted octanol–water partition coefficient (Wildman–Crippen LogP) is 3.08. The molecule has 0 spiro atoms. The van der Waals surface area contributed by atoms with Crippen LogP contribution in [0.2, 0.25) is 0 Å². The number of aliphatic carboxylic acids is 1. The molecule has 33 heavy (non-hydrogen) atoms. The molecule has 3 aromatic rings. The number of nitrogens with zero attached hydrogens (tertiary/aromatic N) is 4. The van der Waals surface area contributed by atoms with Crippen LogP contribution in [0.25, 0.3) is 5.69 Å². The summed E-state index contributed by atoms with van der Waals surface area (Å²) in [6, 6.07) is 16.4. The van der Waals surface area contributed by atoms with Gasteiger partial charge in [0.05, 0.1) is 11.4 Å². The zero-order valence-electron chi connectivity index (χ0n) is 18.5. The van der Waals surface area contributed by atoms with Crippen LogP contribution in [0, 0.1) is 6.92 Å². The van der Waals surface area contributed by atoms with Crippen molar-refractivity contribution in [3.8, 4) is 5.69 Å². The van der Waals surface area contributed by atoms with E-state index in [0.717, 1.165) is 48.7 Å². The molecule has 4 rings (SSSR count). The third kappa shape index (κ3) is 5.73. The highest BCUT2D eigenvalue weighted by Crippen LogP contribution is 2.28. The summed E-state index contributed by atoms with van der Waals surface area (Å²) < 4.78 is 1.97. The lowest BCUT2D eigenvalue weighted by Crippen LogP contribution is -2.43. The van der Waals surface area contributed by atoms with E-state index < -0.39 is 12.0 Å². The minimum atomic E-state index is -1.06. The molecule has 1 aromatic heterocycles. The number of rotatable bonds is 9. The molecule has 2 N–H and O–H groups in total. The van der Waals surface area contributed by atoms with Crippen molar-refractivity contribution in [1.82, 2.24) is 20.1 Å². The first-order valence-electron chi connectivity index (χ1n) is 11.0. The fraction of sp³-hybridized carbons (Fsp3) is 0.333. The van der Waals surface area contributed by atoms with Crippen LogP contribution in [0.3, 0.4) is 0 Å². The highest BCUT2D eigenvalue weighted by molar-refractivity contribution is 7.99. The Bertz CT molecular complexity index is 1100. The lowest BCUT2D eigenvalue weighted by Gasteiger charge is -2.18. The molecule has 0 radical (unpaired) electrons. The summed E-state index contributed by atoms with van der Waals surface area (Å²) in [6.07, 6.45) is 2.46. The summed E-state index contributed by atoms with van der Waals surface area (Å²) in [6.45, 7) is 3.88. The minimum Gasteiger partial charge on any atom is -0.480 e. The standard InChI is InChI=1S/C24H27N5O3S/c1-17-9-11-19(12-10-17)29-23(28-13-5-6-14-28)26-27-24(29)33-16-21(30)25-20(22(31)32)15-18-7-3-2-4-8-18/h2-4,7-12,20H,5-6,13-16H2,1H3,(H,25,30)(H,31,32)/t20-/m1/s1. The Kier molecular flexibility index (Phi) is 7.29. The van der Waals surface area contributed by atoms with E-state index in [0.29, 0.717) is 5.16 Å². The van der Waals surface area contributed by atoms with Crippen molar-refractivity contribution in [2.24, 2.45) is 0 Å². The summed E-state index contributed by atoms with van der Waals surface area (Å²) in [5.74, 6) is -0.602. The van der Waals surface area contributed by atoms with Crippen molar-refractivity contribution >= 4 is 29.6 Å². The molecule has 1 fully saturated rings. The zero-order chi connectivity index (χ0) is 23.2. The molecule has 0 saturated carbocycles. The molecule has 0 aliphatic carbocycles. The Hall–Kier alpha value is -3.33. The molecule has 0 unspecified atom stereocenters. The summed E-state index contributed by atoms with van der Waals surface area (Å²) in [4.78, 5) is 26.5. The van der Waals surface area contributed by atoms with Gasteiger partial charge in [0.2, 0.25) is 11.9 Å². The molecular weight excluding hydrogens is 438 g/mol. The maximum atomic E-state index is 12.6. The fourth-order valence-electron chi connectivity index (χ4n) is 3.81. The molecule has 8 nitrogen and oxygen atoms in total. The van der Waals surface area contributed by atoms with E-state index in [1.54, 1.807) is 0 Å². The Morgan fingerprint density at radius 2 is 1.76 bits per heavy atom. The molecule has 1 aliphatic rings. The van der Waals surface area contributed by atoms with Crippen molar-refractivity contribution in [2.45, 2.75) is 37.4 Å². The highest BCUT2D eigenvalue weighted by Gasteiger charge is 2.24. The highest BCUT2D eigenvalue weighted by atomic mass is 32.2. The first-order valence-corrected chi connectivity index (χ1v) is 12.0. The number of aromatic nitrogens is 3. The monoisotopic (exact) mass is 465 g/mol. The van der Waals surface area contributed by atoms with E-state index in [1.807, 2.05) is 66.1 Å². The van der Waals surface area contributed by atoms with Gasteiger partial charge in [-0.1, -0.05) is 59.8 Å². The number of carbonyl (C=O) groups excluding carboxylic acids is 1. The van der Waals surface area contributed by atoms with Gasteiger partial charge in [0.1, 0.15) is 6.04 Å². The summed E-state index contributed by atoms with van der Waals surface area (Å²) in [5.41, 5.74) is 2.94. The van der Waals surface area contributed by atoms with Gasteiger partial charge in [0, 0.05) is 19.5 Å². The van der Waals surface area contributed by atoms with Crippen LogP contribution >= 0.6 is 11.8 Å². The molecule has 9 heteroatoms. The van der Waals surface area contributed by atoms with Crippen LogP contribution in [0.1, 0.15) is 24.0 Å². The SMILES string of the molecule is Cc1ccc(-n2c(SCC(=O)N[C@H](Cc3ccccc3)C(=O)O)nnc2N2CCCC2)cc1. The molecule has 1 saturated heterocycles. The summed E-state index contributed by atoms with van der Waals surface area (Å²) >= 11 is 1.25. The Labute approximate surface area is 197 Å². The number of nitrogens with one attached hydrogen (secondary N) is 1. The minimum absolute atomic E-state index is 0.0442. The van der Waals surface area contributed by atoms with Crippen LogP contribution < -0.4 is 10.2 Å². The van der Waals surface area contributed by atoms with Crippen molar-refractivity contribution in [3.05, 3.63) is 65.7 Å². The van der Waals surface area contributed by atoms with Gasteiger partial charge >= 0.3 is 5.97 Å². The van der Waals surface area contributed by atoms with Gasteiger partial charge in [-0.25, -0.2) is 4.79 Å². The van der Waals surface area contributed by atoms with E-state index in [2.05, 4.69) is 20.4 Å². The van der Waals surface area contributed by atoms with Crippen LogP contribution in [-0.2, 0) is 16.0 Å². The second-order valence-electron chi connectivity index (χ2n) is 8.08. The average molecular weight is 466 g/mol. The van der Waals surface area contributed by atoms with Crippen molar-refractivity contribution in [3.63, 3.8) is 0 Å². The average Bonchev–Trinajstić information content (AvgIpc) is 3.48. The van der Waals surface area contributed by atoms with Crippen molar-refractivity contribution in [2.75, 3.05) is 23.7 Å². The second kappa shape index (κ2) is 10.5. The van der Waals surface area contributed by atoms with Crippen LogP contribution in [-0.4, -0.2) is 56.6 Å². The molecule has 2 aromatic carbocycles. The van der Waals surface area contributed by atoms with Gasteiger partial charge in [0.15, 0.2) is 5.16 Å². The Morgan fingerprint density at radius 3 is 2.42 bits per heavy atom. The number of hydrogen-bond donors (Lipinski definition) is 2. The van der Waals surface area contributed by atoms with Crippen LogP contribution in [0.4, 0.5) is 5.95 Å². The number of carbonyl (C=O) groups is 2. The third-order valence-electron chi connectivity index (χ3n) is 5.55. The van der Waals surface area contributed by atoms with Crippen molar-refractivity contribution < 1.29 is 14.7 Å². The fourth-order valence-corrected chi connectivity index (χ4v) is 4.57. The van der Waals surface area contributed by atoms with Crippen LogP contribution in [0.15, 0.2) is 59.8 Å².